The Hall–Kier alpha value is -2.32. The van der Waals surface area contributed by atoms with Gasteiger partial charge in [-0.2, -0.15) is 4.31 Å². The molecule has 162 valence electrons. The second-order valence-electron chi connectivity index (χ2n) is 7.76. The molecule has 2 aromatic carbocycles. The van der Waals surface area contributed by atoms with Crippen LogP contribution in [0.15, 0.2) is 41.3 Å². The van der Waals surface area contributed by atoms with Crippen LogP contribution in [0.2, 0.25) is 0 Å². The number of nitrogens with zero attached hydrogens (tertiary/aromatic N) is 3. The molecule has 2 heterocycles. The smallest absolute Gasteiger partial charge is 0.320 e. The van der Waals surface area contributed by atoms with Crippen molar-refractivity contribution in [2.45, 2.75) is 31.1 Å². The standard InChI is InChI=1S/C22H29N3O4S/c1-2-29-20-10-11-21(19-9-5-4-8-18(19)20)30(27,28)25-16-14-24(15-17-25)22(26)23-12-6-3-7-13-23/h4-5,8-11H,2-3,6-7,12-17H2,1H3. The van der Waals surface area contributed by atoms with E-state index in [1.807, 2.05) is 36.1 Å². The van der Waals surface area contributed by atoms with Gasteiger partial charge >= 0.3 is 6.03 Å². The molecule has 0 aliphatic carbocycles. The van der Waals surface area contributed by atoms with Crippen molar-refractivity contribution in [1.29, 1.82) is 0 Å². The van der Waals surface area contributed by atoms with E-state index in [0.717, 1.165) is 31.3 Å². The number of rotatable bonds is 4. The van der Waals surface area contributed by atoms with E-state index in [1.165, 1.54) is 10.7 Å². The molecule has 4 rings (SSSR count). The van der Waals surface area contributed by atoms with Crippen LogP contribution in [0.3, 0.4) is 0 Å². The Morgan fingerprint density at radius 1 is 0.867 bits per heavy atom. The lowest BCUT2D eigenvalue weighted by atomic mass is 10.1. The molecule has 7 nitrogen and oxygen atoms in total. The van der Waals surface area contributed by atoms with Crippen LogP contribution in [0.5, 0.6) is 5.75 Å². The maximum Gasteiger partial charge on any atom is 0.320 e. The number of piperidine rings is 1. The lowest BCUT2D eigenvalue weighted by Crippen LogP contribution is -2.54. The van der Waals surface area contributed by atoms with Gasteiger partial charge in [-0.15, -0.1) is 0 Å². The number of carbonyl (C=O) groups is 1. The van der Waals surface area contributed by atoms with E-state index in [0.29, 0.717) is 43.9 Å². The van der Waals surface area contributed by atoms with Crippen LogP contribution < -0.4 is 4.74 Å². The summed E-state index contributed by atoms with van der Waals surface area (Å²) in [6.07, 6.45) is 3.27. The van der Waals surface area contributed by atoms with Gasteiger partial charge in [-0.3, -0.25) is 0 Å². The average molecular weight is 432 g/mol. The SMILES string of the molecule is CCOc1ccc(S(=O)(=O)N2CCN(C(=O)N3CCCCC3)CC2)c2ccccc12. The molecule has 0 atom stereocenters. The quantitative estimate of drug-likeness (QED) is 0.746. The average Bonchev–Trinajstić information content (AvgIpc) is 2.79. The zero-order chi connectivity index (χ0) is 21.1. The lowest BCUT2D eigenvalue weighted by Gasteiger charge is -2.38. The van der Waals surface area contributed by atoms with Crippen molar-refractivity contribution in [2.24, 2.45) is 0 Å². The summed E-state index contributed by atoms with van der Waals surface area (Å²) in [5.74, 6) is 0.684. The van der Waals surface area contributed by atoms with Gasteiger partial charge in [0.1, 0.15) is 5.75 Å². The lowest BCUT2D eigenvalue weighted by molar-refractivity contribution is 0.126. The van der Waals surface area contributed by atoms with E-state index in [2.05, 4.69) is 0 Å². The number of piperazine rings is 1. The third-order valence-electron chi connectivity index (χ3n) is 5.90. The zero-order valence-corrected chi connectivity index (χ0v) is 18.2. The van der Waals surface area contributed by atoms with Crippen LogP contribution in [-0.2, 0) is 10.0 Å². The molecular weight excluding hydrogens is 402 g/mol. The molecule has 8 heteroatoms. The highest BCUT2D eigenvalue weighted by atomic mass is 32.2. The predicted octanol–water partition coefficient (Wildman–Crippen LogP) is 3.15. The molecule has 0 bridgehead atoms. The van der Waals surface area contributed by atoms with E-state index >= 15 is 0 Å². The number of likely N-dealkylation sites (tertiary alicyclic amines) is 1. The third kappa shape index (κ3) is 3.98. The number of benzene rings is 2. The molecule has 0 saturated carbocycles. The van der Waals surface area contributed by atoms with Crippen molar-refractivity contribution in [3.8, 4) is 5.75 Å². The number of amides is 2. The molecule has 0 radical (unpaired) electrons. The molecule has 0 aromatic heterocycles. The fourth-order valence-electron chi connectivity index (χ4n) is 4.29. The second-order valence-corrected chi connectivity index (χ2v) is 9.67. The van der Waals surface area contributed by atoms with Crippen molar-refractivity contribution in [1.82, 2.24) is 14.1 Å². The summed E-state index contributed by atoms with van der Waals surface area (Å²) < 4.78 is 34.0. The molecule has 0 N–H and O–H groups in total. The highest BCUT2D eigenvalue weighted by Crippen LogP contribution is 2.33. The molecule has 2 amide bonds. The summed E-state index contributed by atoms with van der Waals surface area (Å²) >= 11 is 0. The van der Waals surface area contributed by atoms with Crippen LogP contribution in [-0.4, -0.2) is 74.4 Å². The summed E-state index contributed by atoms with van der Waals surface area (Å²) in [5, 5.41) is 1.45. The minimum atomic E-state index is -3.67. The number of fused-ring (bicyclic) bond motifs is 1. The number of ether oxygens (including phenoxy) is 1. The second kappa shape index (κ2) is 8.81. The van der Waals surface area contributed by atoms with Gasteiger partial charge in [0.15, 0.2) is 0 Å². The van der Waals surface area contributed by atoms with Gasteiger partial charge in [-0.05, 0) is 38.3 Å². The number of carbonyl (C=O) groups excluding carboxylic acids is 1. The van der Waals surface area contributed by atoms with Crippen LogP contribution in [0, 0.1) is 0 Å². The first-order chi connectivity index (χ1) is 14.5. The highest BCUT2D eigenvalue weighted by molar-refractivity contribution is 7.89. The molecule has 2 aliphatic rings. The van der Waals surface area contributed by atoms with E-state index in [-0.39, 0.29) is 10.9 Å². The van der Waals surface area contributed by atoms with Gasteiger partial charge < -0.3 is 14.5 Å². The monoisotopic (exact) mass is 431 g/mol. The highest BCUT2D eigenvalue weighted by Gasteiger charge is 2.33. The van der Waals surface area contributed by atoms with Crippen molar-refractivity contribution in [2.75, 3.05) is 45.9 Å². The van der Waals surface area contributed by atoms with Crippen LogP contribution in [0.1, 0.15) is 26.2 Å². The first kappa shape index (κ1) is 20.9. The Kier molecular flexibility index (Phi) is 6.15. The Morgan fingerprint density at radius 2 is 1.50 bits per heavy atom. The van der Waals surface area contributed by atoms with Gasteiger partial charge in [0, 0.05) is 50.0 Å². The Labute approximate surface area is 178 Å². The Balaban J connectivity index is 1.53. The Morgan fingerprint density at radius 3 is 2.17 bits per heavy atom. The van der Waals surface area contributed by atoms with Crippen molar-refractivity contribution >= 4 is 26.8 Å². The van der Waals surface area contributed by atoms with Crippen LogP contribution in [0.25, 0.3) is 10.8 Å². The fourth-order valence-corrected chi connectivity index (χ4v) is 5.91. The van der Waals surface area contributed by atoms with Gasteiger partial charge in [0.2, 0.25) is 10.0 Å². The molecule has 2 fully saturated rings. The zero-order valence-electron chi connectivity index (χ0n) is 17.4. The maximum absolute atomic E-state index is 13.4. The normalized spacial score (nSPS) is 18.6. The summed E-state index contributed by atoms with van der Waals surface area (Å²) in [5.41, 5.74) is 0. The first-order valence-corrected chi connectivity index (χ1v) is 12.1. The molecule has 2 aromatic rings. The van der Waals surface area contributed by atoms with E-state index in [1.54, 1.807) is 17.0 Å². The Bertz CT molecular complexity index is 1010. The minimum absolute atomic E-state index is 0.0401. The van der Waals surface area contributed by atoms with Crippen LogP contribution in [0.4, 0.5) is 4.79 Å². The first-order valence-electron chi connectivity index (χ1n) is 10.7. The number of urea groups is 1. The van der Waals surface area contributed by atoms with Gasteiger partial charge in [-0.1, -0.05) is 24.3 Å². The molecule has 30 heavy (non-hydrogen) atoms. The van der Waals surface area contributed by atoms with E-state index < -0.39 is 10.0 Å². The minimum Gasteiger partial charge on any atom is -0.493 e. The van der Waals surface area contributed by atoms with Crippen molar-refractivity contribution < 1.29 is 17.9 Å². The molecule has 2 aliphatic heterocycles. The molecule has 0 spiro atoms. The van der Waals surface area contributed by atoms with Gasteiger partial charge in [0.25, 0.3) is 0 Å². The third-order valence-corrected chi connectivity index (χ3v) is 7.85. The fraction of sp³-hybridized carbons (Fsp3) is 0.500. The van der Waals surface area contributed by atoms with Crippen LogP contribution >= 0.6 is 0 Å². The summed E-state index contributed by atoms with van der Waals surface area (Å²) in [4.78, 5) is 16.7. The molecule has 0 unspecified atom stereocenters. The predicted molar refractivity (Wildman–Crippen MR) is 116 cm³/mol. The molecular formula is C22H29N3O4S. The largest absolute Gasteiger partial charge is 0.493 e. The number of hydrogen-bond acceptors (Lipinski definition) is 4. The number of sulfonamides is 1. The number of hydrogen-bond donors (Lipinski definition) is 0. The van der Waals surface area contributed by atoms with E-state index in [4.69, 9.17) is 4.74 Å². The molecule has 2 saturated heterocycles. The topological polar surface area (TPSA) is 70.2 Å². The van der Waals surface area contributed by atoms with Gasteiger partial charge in [-0.25, -0.2) is 13.2 Å². The summed E-state index contributed by atoms with van der Waals surface area (Å²) in [6, 6.07) is 10.8. The van der Waals surface area contributed by atoms with Crippen molar-refractivity contribution in [3.63, 3.8) is 0 Å². The maximum atomic E-state index is 13.4. The van der Waals surface area contributed by atoms with Crippen molar-refractivity contribution in [3.05, 3.63) is 36.4 Å². The van der Waals surface area contributed by atoms with Gasteiger partial charge in [0.05, 0.1) is 11.5 Å². The summed E-state index contributed by atoms with van der Waals surface area (Å²) in [6.45, 7) is 5.48. The summed E-state index contributed by atoms with van der Waals surface area (Å²) in [7, 11) is -3.67. The van der Waals surface area contributed by atoms with E-state index in [9.17, 15) is 13.2 Å².